The molecule has 2 aliphatic rings. The predicted octanol–water partition coefficient (Wildman–Crippen LogP) is 2.72. The maximum absolute atomic E-state index is 5.48. The van der Waals surface area contributed by atoms with Crippen LogP contribution in [0.25, 0.3) is 0 Å². The summed E-state index contributed by atoms with van der Waals surface area (Å²) in [7, 11) is 0. The lowest BCUT2D eigenvalue weighted by Crippen LogP contribution is -2.46. The highest BCUT2D eigenvalue weighted by Crippen LogP contribution is 2.21. The second-order valence-corrected chi connectivity index (χ2v) is 7.04. The summed E-state index contributed by atoms with van der Waals surface area (Å²) in [6.07, 6.45) is 6.07. The molecule has 4 rings (SSSR count). The molecule has 0 N–H and O–H groups in total. The second kappa shape index (κ2) is 7.45. The van der Waals surface area contributed by atoms with Crippen molar-refractivity contribution >= 4 is 0 Å². The van der Waals surface area contributed by atoms with Crippen LogP contribution in [-0.2, 0) is 13.0 Å². The van der Waals surface area contributed by atoms with Crippen molar-refractivity contribution in [2.45, 2.75) is 44.7 Å². The minimum absolute atomic E-state index is 0.716. The van der Waals surface area contributed by atoms with Crippen LogP contribution in [0.5, 0.6) is 0 Å². The maximum atomic E-state index is 5.48. The van der Waals surface area contributed by atoms with Gasteiger partial charge in [0.25, 0.3) is 0 Å². The van der Waals surface area contributed by atoms with E-state index in [1.54, 1.807) is 0 Å². The minimum atomic E-state index is 0.716. The lowest BCUT2D eigenvalue weighted by molar-refractivity contribution is 0.102. The quantitative estimate of drug-likeness (QED) is 0.845. The standard InChI is InChI=1S/C19H26N4O/c1-2-7-16(8-3-1)13-18-20-19(24-21-18)15-22-10-6-9-17(14-22)23-11-4-5-12-23/h1-3,7-8,17H,4-6,9-15H2/t17-/m1/s1. The van der Waals surface area contributed by atoms with E-state index in [9.17, 15) is 0 Å². The summed E-state index contributed by atoms with van der Waals surface area (Å²) in [5.74, 6) is 1.53. The van der Waals surface area contributed by atoms with Crippen molar-refractivity contribution in [2.24, 2.45) is 0 Å². The topological polar surface area (TPSA) is 45.4 Å². The number of hydrogen-bond donors (Lipinski definition) is 0. The van der Waals surface area contributed by atoms with Crippen molar-refractivity contribution in [3.63, 3.8) is 0 Å². The number of likely N-dealkylation sites (tertiary alicyclic amines) is 2. The zero-order valence-electron chi connectivity index (χ0n) is 14.2. The molecule has 2 fully saturated rings. The third kappa shape index (κ3) is 3.84. The Balaban J connectivity index is 1.33. The molecule has 3 heterocycles. The molecule has 0 bridgehead atoms. The number of piperidine rings is 1. The molecule has 5 heteroatoms. The van der Waals surface area contributed by atoms with E-state index in [1.165, 1.54) is 44.3 Å². The van der Waals surface area contributed by atoms with Crippen molar-refractivity contribution in [3.05, 3.63) is 47.6 Å². The number of benzene rings is 1. The first-order valence-corrected chi connectivity index (χ1v) is 9.18. The molecule has 24 heavy (non-hydrogen) atoms. The summed E-state index contributed by atoms with van der Waals surface area (Å²) in [6.45, 7) is 5.61. The number of nitrogens with zero attached hydrogens (tertiary/aromatic N) is 4. The Morgan fingerprint density at radius 3 is 2.71 bits per heavy atom. The van der Waals surface area contributed by atoms with Crippen molar-refractivity contribution in [1.82, 2.24) is 19.9 Å². The summed E-state index contributed by atoms with van der Waals surface area (Å²) < 4.78 is 5.48. The SMILES string of the molecule is c1ccc(Cc2noc(CN3CCC[C@@H](N4CCCC4)C3)n2)cc1. The van der Waals surface area contributed by atoms with Gasteiger partial charge >= 0.3 is 0 Å². The van der Waals surface area contributed by atoms with Gasteiger partial charge in [0.05, 0.1) is 6.54 Å². The Labute approximate surface area is 143 Å². The van der Waals surface area contributed by atoms with Crippen LogP contribution >= 0.6 is 0 Å². The molecule has 0 radical (unpaired) electrons. The van der Waals surface area contributed by atoms with Gasteiger partial charge in [-0.1, -0.05) is 35.5 Å². The third-order valence-electron chi connectivity index (χ3n) is 5.21. The summed E-state index contributed by atoms with van der Waals surface area (Å²) in [5, 5.41) is 4.15. The largest absolute Gasteiger partial charge is 0.338 e. The van der Waals surface area contributed by atoms with Gasteiger partial charge in [-0.25, -0.2) is 0 Å². The van der Waals surface area contributed by atoms with Gasteiger partial charge in [-0.3, -0.25) is 9.80 Å². The van der Waals surface area contributed by atoms with E-state index in [2.05, 4.69) is 32.1 Å². The number of hydrogen-bond acceptors (Lipinski definition) is 5. The first kappa shape index (κ1) is 15.8. The summed E-state index contributed by atoms with van der Waals surface area (Å²) in [5.41, 5.74) is 1.22. The molecule has 0 aliphatic carbocycles. The van der Waals surface area contributed by atoms with Crippen LogP contribution in [0, 0.1) is 0 Å². The Bertz CT molecular complexity index is 636. The highest BCUT2D eigenvalue weighted by molar-refractivity contribution is 5.18. The molecule has 1 aromatic heterocycles. The molecule has 0 spiro atoms. The van der Waals surface area contributed by atoms with Crippen LogP contribution in [0.15, 0.2) is 34.9 Å². The summed E-state index contributed by atoms with van der Waals surface area (Å²) in [4.78, 5) is 9.74. The molecule has 2 aromatic rings. The molecule has 0 saturated carbocycles. The van der Waals surface area contributed by atoms with E-state index in [0.29, 0.717) is 6.04 Å². The number of aromatic nitrogens is 2. The third-order valence-corrected chi connectivity index (χ3v) is 5.21. The van der Waals surface area contributed by atoms with Gasteiger partial charge in [0.15, 0.2) is 5.82 Å². The summed E-state index contributed by atoms with van der Waals surface area (Å²) >= 11 is 0. The molecule has 0 unspecified atom stereocenters. The molecule has 1 atom stereocenters. The highest BCUT2D eigenvalue weighted by atomic mass is 16.5. The normalized spacial score (nSPS) is 22.9. The highest BCUT2D eigenvalue weighted by Gasteiger charge is 2.27. The zero-order valence-corrected chi connectivity index (χ0v) is 14.2. The van der Waals surface area contributed by atoms with Crippen molar-refractivity contribution in [3.8, 4) is 0 Å². The van der Waals surface area contributed by atoms with Crippen LogP contribution in [0.3, 0.4) is 0 Å². The molecule has 0 amide bonds. The molecule has 1 aromatic carbocycles. The average molecular weight is 326 g/mol. The van der Waals surface area contributed by atoms with Gasteiger partial charge in [0, 0.05) is 19.0 Å². The minimum Gasteiger partial charge on any atom is -0.338 e. The first-order valence-electron chi connectivity index (χ1n) is 9.18. The van der Waals surface area contributed by atoms with Gasteiger partial charge in [-0.2, -0.15) is 4.98 Å². The van der Waals surface area contributed by atoms with Gasteiger partial charge < -0.3 is 4.52 Å². The maximum Gasteiger partial charge on any atom is 0.240 e. The van der Waals surface area contributed by atoms with Crippen molar-refractivity contribution < 1.29 is 4.52 Å². The van der Waals surface area contributed by atoms with Crippen LogP contribution in [0.2, 0.25) is 0 Å². The van der Waals surface area contributed by atoms with Crippen LogP contribution in [0.1, 0.15) is 43.0 Å². The van der Waals surface area contributed by atoms with Crippen LogP contribution in [-0.4, -0.2) is 52.2 Å². The van der Waals surface area contributed by atoms with E-state index in [1.807, 2.05) is 18.2 Å². The van der Waals surface area contributed by atoms with E-state index in [0.717, 1.165) is 37.8 Å². The zero-order chi connectivity index (χ0) is 16.2. The van der Waals surface area contributed by atoms with Crippen LogP contribution < -0.4 is 0 Å². The van der Waals surface area contributed by atoms with Crippen molar-refractivity contribution in [1.29, 1.82) is 0 Å². The second-order valence-electron chi connectivity index (χ2n) is 7.04. The molecule has 128 valence electrons. The van der Waals surface area contributed by atoms with Gasteiger partial charge in [0.2, 0.25) is 5.89 Å². The Hall–Kier alpha value is -1.72. The van der Waals surface area contributed by atoms with E-state index >= 15 is 0 Å². The molecular weight excluding hydrogens is 300 g/mol. The smallest absolute Gasteiger partial charge is 0.240 e. The summed E-state index contributed by atoms with van der Waals surface area (Å²) in [6, 6.07) is 11.0. The van der Waals surface area contributed by atoms with E-state index in [4.69, 9.17) is 4.52 Å². The lowest BCUT2D eigenvalue weighted by atomic mass is 10.0. The first-order chi connectivity index (χ1) is 11.9. The van der Waals surface area contributed by atoms with E-state index < -0.39 is 0 Å². The monoisotopic (exact) mass is 326 g/mol. The lowest BCUT2D eigenvalue weighted by Gasteiger charge is -2.36. The van der Waals surface area contributed by atoms with E-state index in [-0.39, 0.29) is 0 Å². The Kier molecular flexibility index (Phi) is 4.90. The fourth-order valence-electron chi connectivity index (χ4n) is 3.98. The van der Waals surface area contributed by atoms with Crippen molar-refractivity contribution in [2.75, 3.05) is 26.2 Å². The van der Waals surface area contributed by atoms with Gasteiger partial charge in [-0.05, 0) is 50.9 Å². The fourth-order valence-corrected chi connectivity index (χ4v) is 3.98. The van der Waals surface area contributed by atoms with Crippen LogP contribution in [0.4, 0.5) is 0 Å². The predicted molar refractivity (Wildman–Crippen MR) is 92.7 cm³/mol. The molecule has 2 saturated heterocycles. The Morgan fingerprint density at radius 2 is 1.88 bits per heavy atom. The molecule has 5 nitrogen and oxygen atoms in total. The Morgan fingerprint density at radius 1 is 1.04 bits per heavy atom. The molecular formula is C19H26N4O. The van der Waals surface area contributed by atoms with Gasteiger partial charge in [0.1, 0.15) is 0 Å². The number of rotatable bonds is 5. The molecule has 2 aliphatic heterocycles. The van der Waals surface area contributed by atoms with Gasteiger partial charge in [-0.15, -0.1) is 0 Å². The average Bonchev–Trinajstić information content (AvgIpc) is 3.28. The fraction of sp³-hybridized carbons (Fsp3) is 0.579.